The Bertz CT molecular complexity index is 1580. The SMILES string of the molecule is COc1cc2nc(Nc3nc(OC(=O)C(F)(F)F)c4cc([N+](=O)[O-])cc(C)c4n3)nc(C)c2cc1OC. The van der Waals surface area contributed by atoms with Gasteiger partial charge in [0, 0.05) is 23.6 Å². The number of alkyl halides is 3. The highest BCUT2D eigenvalue weighted by atomic mass is 19.4. The lowest BCUT2D eigenvalue weighted by Gasteiger charge is -2.13. The molecule has 15 heteroatoms. The molecule has 0 aliphatic carbocycles. The van der Waals surface area contributed by atoms with Gasteiger partial charge >= 0.3 is 12.1 Å². The van der Waals surface area contributed by atoms with Gasteiger partial charge in [-0.3, -0.25) is 15.4 Å². The van der Waals surface area contributed by atoms with E-state index in [9.17, 15) is 28.1 Å². The average molecular weight is 518 g/mol. The van der Waals surface area contributed by atoms with Gasteiger partial charge in [0.2, 0.25) is 17.8 Å². The number of carbonyl (C=O) groups is 1. The molecule has 192 valence electrons. The molecule has 0 aliphatic rings. The van der Waals surface area contributed by atoms with Crippen molar-refractivity contribution in [2.45, 2.75) is 20.0 Å². The van der Waals surface area contributed by atoms with E-state index < -0.39 is 28.6 Å². The number of aromatic nitrogens is 4. The van der Waals surface area contributed by atoms with E-state index in [-0.39, 0.29) is 28.4 Å². The maximum Gasteiger partial charge on any atom is 0.491 e. The van der Waals surface area contributed by atoms with Crippen LogP contribution in [0.4, 0.5) is 30.8 Å². The van der Waals surface area contributed by atoms with Crippen molar-refractivity contribution in [1.29, 1.82) is 0 Å². The fourth-order valence-corrected chi connectivity index (χ4v) is 3.51. The Balaban J connectivity index is 1.85. The van der Waals surface area contributed by atoms with Crippen LogP contribution >= 0.6 is 0 Å². The summed E-state index contributed by atoms with van der Waals surface area (Å²) in [5.41, 5.74) is 0.758. The fraction of sp³-hybridized carbons (Fsp3) is 0.227. The van der Waals surface area contributed by atoms with Gasteiger partial charge in [-0.2, -0.15) is 18.2 Å². The van der Waals surface area contributed by atoms with Crippen LogP contribution in [0.1, 0.15) is 11.3 Å². The molecule has 0 radical (unpaired) electrons. The van der Waals surface area contributed by atoms with E-state index in [2.05, 4.69) is 30.0 Å². The first-order valence-electron chi connectivity index (χ1n) is 10.3. The summed E-state index contributed by atoms with van der Waals surface area (Å²) in [4.78, 5) is 38.8. The van der Waals surface area contributed by atoms with Gasteiger partial charge in [-0.05, 0) is 25.5 Å². The number of benzene rings is 2. The third-order valence-electron chi connectivity index (χ3n) is 5.19. The van der Waals surface area contributed by atoms with Crippen LogP contribution in [-0.2, 0) is 4.79 Å². The second-order valence-corrected chi connectivity index (χ2v) is 7.64. The summed E-state index contributed by atoms with van der Waals surface area (Å²) < 4.78 is 53.7. The van der Waals surface area contributed by atoms with Gasteiger partial charge in [0.05, 0.1) is 41.3 Å². The van der Waals surface area contributed by atoms with Crippen molar-refractivity contribution in [3.63, 3.8) is 0 Å². The lowest BCUT2D eigenvalue weighted by Crippen LogP contribution is -2.28. The van der Waals surface area contributed by atoms with Crippen LogP contribution in [0.15, 0.2) is 24.3 Å². The molecule has 0 atom stereocenters. The third-order valence-corrected chi connectivity index (χ3v) is 5.19. The third kappa shape index (κ3) is 4.96. The van der Waals surface area contributed by atoms with Crippen LogP contribution in [0.3, 0.4) is 0 Å². The molecular weight excluding hydrogens is 501 g/mol. The Morgan fingerprint density at radius 3 is 2.22 bits per heavy atom. The topological polar surface area (TPSA) is 151 Å². The van der Waals surface area contributed by atoms with Gasteiger partial charge in [-0.1, -0.05) is 0 Å². The lowest BCUT2D eigenvalue weighted by atomic mass is 10.1. The van der Waals surface area contributed by atoms with Crippen LogP contribution in [0.2, 0.25) is 0 Å². The summed E-state index contributed by atoms with van der Waals surface area (Å²) in [6.45, 7) is 3.15. The zero-order valence-corrected chi connectivity index (χ0v) is 19.6. The molecule has 1 N–H and O–H groups in total. The normalized spacial score (nSPS) is 11.4. The second kappa shape index (κ2) is 9.33. The van der Waals surface area contributed by atoms with Gasteiger partial charge < -0.3 is 14.2 Å². The number of aryl methyl sites for hydroxylation is 2. The molecule has 0 amide bonds. The van der Waals surface area contributed by atoms with Gasteiger partial charge in [0.15, 0.2) is 11.5 Å². The summed E-state index contributed by atoms with van der Waals surface area (Å²) in [5, 5.41) is 14.3. The predicted octanol–water partition coefficient (Wildman–Crippen LogP) is 4.33. The monoisotopic (exact) mass is 518 g/mol. The maximum atomic E-state index is 12.9. The Labute approximate surface area is 205 Å². The zero-order valence-electron chi connectivity index (χ0n) is 19.6. The van der Waals surface area contributed by atoms with E-state index in [4.69, 9.17) is 9.47 Å². The van der Waals surface area contributed by atoms with Crippen molar-refractivity contribution < 1.29 is 37.1 Å². The molecular formula is C22H17F3N6O6. The highest BCUT2D eigenvalue weighted by Gasteiger charge is 2.42. The highest BCUT2D eigenvalue weighted by Crippen LogP contribution is 2.34. The highest BCUT2D eigenvalue weighted by molar-refractivity contribution is 5.92. The average Bonchev–Trinajstić information content (AvgIpc) is 2.83. The number of halogens is 3. The maximum absolute atomic E-state index is 12.9. The first-order valence-corrected chi connectivity index (χ1v) is 10.3. The number of esters is 1. The molecule has 4 rings (SSSR count). The molecule has 4 aromatic rings. The molecule has 12 nitrogen and oxygen atoms in total. The van der Waals surface area contributed by atoms with Crippen LogP contribution in [-0.4, -0.2) is 51.2 Å². The first-order chi connectivity index (χ1) is 17.4. The quantitative estimate of drug-likeness (QED) is 0.221. The number of hydrogen-bond acceptors (Lipinski definition) is 11. The summed E-state index contributed by atoms with van der Waals surface area (Å²) in [6, 6.07) is 5.38. The molecule has 0 unspecified atom stereocenters. The molecule has 2 heterocycles. The number of fused-ring (bicyclic) bond motifs is 2. The number of anilines is 2. The van der Waals surface area contributed by atoms with Crippen LogP contribution in [0, 0.1) is 24.0 Å². The molecule has 2 aromatic carbocycles. The van der Waals surface area contributed by atoms with Crippen LogP contribution in [0.5, 0.6) is 17.4 Å². The minimum absolute atomic E-state index is 0.0111. The number of nitrogens with one attached hydrogen (secondary N) is 1. The Hall–Kier alpha value is -4.82. The fourth-order valence-electron chi connectivity index (χ4n) is 3.51. The number of nitro groups is 1. The molecule has 0 fully saturated rings. The predicted molar refractivity (Wildman–Crippen MR) is 123 cm³/mol. The van der Waals surface area contributed by atoms with E-state index in [1.165, 1.54) is 27.2 Å². The van der Waals surface area contributed by atoms with E-state index in [0.717, 1.165) is 6.07 Å². The Morgan fingerprint density at radius 1 is 0.946 bits per heavy atom. The van der Waals surface area contributed by atoms with Crippen molar-refractivity contribution in [3.05, 3.63) is 45.6 Å². The van der Waals surface area contributed by atoms with Crippen molar-refractivity contribution in [3.8, 4) is 17.4 Å². The van der Waals surface area contributed by atoms with Crippen molar-refractivity contribution in [2.75, 3.05) is 19.5 Å². The molecule has 0 spiro atoms. The lowest BCUT2D eigenvalue weighted by molar-refractivity contribution is -0.384. The summed E-state index contributed by atoms with van der Waals surface area (Å²) in [7, 11) is 2.93. The number of nitrogens with zero attached hydrogens (tertiary/aromatic N) is 5. The number of carbonyl (C=O) groups excluding carboxylic acids is 1. The molecule has 2 aromatic heterocycles. The number of rotatable bonds is 6. The van der Waals surface area contributed by atoms with E-state index in [1.54, 1.807) is 19.1 Å². The first kappa shape index (κ1) is 25.3. The van der Waals surface area contributed by atoms with E-state index >= 15 is 0 Å². The Kier molecular flexibility index (Phi) is 6.37. The molecule has 37 heavy (non-hydrogen) atoms. The van der Waals surface area contributed by atoms with Crippen LogP contribution < -0.4 is 19.5 Å². The van der Waals surface area contributed by atoms with E-state index in [0.29, 0.717) is 28.1 Å². The number of hydrogen-bond donors (Lipinski definition) is 1. The number of ether oxygens (including phenoxy) is 3. The number of non-ortho nitro benzene ring substituents is 1. The standard InChI is InChI=1S/C22H17F3N6O6/c1-9-5-11(31(33)34)6-13-17(9)28-21(29-18(13)37-19(32)22(23,24)25)30-20-26-10(2)12-7-15(35-3)16(36-4)8-14(12)27-20/h5-8H,1-4H3,(H,26,27,28,29,30). The second-order valence-electron chi connectivity index (χ2n) is 7.64. The largest absolute Gasteiger partial charge is 0.493 e. The van der Waals surface area contributed by atoms with Crippen molar-refractivity contribution >= 4 is 45.4 Å². The van der Waals surface area contributed by atoms with Gasteiger partial charge in [-0.15, -0.1) is 0 Å². The molecule has 0 aliphatic heterocycles. The summed E-state index contributed by atoms with van der Waals surface area (Å²) >= 11 is 0. The Morgan fingerprint density at radius 2 is 1.59 bits per heavy atom. The van der Waals surface area contributed by atoms with Gasteiger partial charge in [-0.25, -0.2) is 19.7 Å². The summed E-state index contributed by atoms with van der Waals surface area (Å²) in [6.07, 6.45) is -5.33. The van der Waals surface area contributed by atoms with Crippen LogP contribution in [0.25, 0.3) is 21.8 Å². The summed E-state index contributed by atoms with van der Waals surface area (Å²) in [5.74, 6) is -2.86. The van der Waals surface area contributed by atoms with Crippen molar-refractivity contribution in [1.82, 2.24) is 19.9 Å². The zero-order chi connectivity index (χ0) is 27.1. The molecule has 0 saturated carbocycles. The van der Waals surface area contributed by atoms with Crippen molar-refractivity contribution in [2.24, 2.45) is 0 Å². The number of methoxy groups -OCH3 is 2. The van der Waals surface area contributed by atoms with Gasteiger partial charge in [0.1, 0.15) is 0 Å². The minimum atomic E-state index is -5.33. The number of nitro benzene ring substituents is 1. The molecule has 0 bridgehead atoms. The smallest absolute Gasteiger partial charge is 0.491 e. The molecule has 0 saturated heterocycles. The van der Waals surface area contributed by atoms with E-state index in [1.807, 2.05) is 0 Å². The minimum Gasteiger partial charge on any atom is -0.493 e. The van der Waals surface area contributed by atoms with Gasteiger partial charge in [0.25, 0.3) is 5.69 Å².